The summed E-state index contributed by atoms with van der Waals surface area (Å²) in [7, 11) is 0. The maximum absolute atomic E-state index is 10.7. The van der Waals surface area contributed by atoms with E-state index in [0.717, 1.165) is 17.3 Å². The van der Waals surface area contributed by atoms with Crippen LogP contribution in [0.25, 0.3) is 0 Å². The van der Waals surface area contributed by atoms with Crippen molar-refractivity contribution in [3.63, 3.8) is 0 Å². The van der Waals surface area contributed by atoms with Crippen molar-refractivity contribution in [2.24, 2.45) is 4.99 Å². The summed E-state index contributed by atoms with van der Waals surface area (Å²) in [6, 6.07) is -0.639. The minimum atomic E-state index is -0.639. The Morgan fingerprint density at radius 2 is 2.56 bits per heavy atom. The van der Waals surface area contributed by atoms with Gasteiger partial charge in [-0.2, -0.15) is 11.8 Å². The average molecular weight is 269 g/mol. The fourth-order valence-corrected chi connectivity index (χ4v) is 2.47. The highest BCUT2D eigenvalue weighted by atomic mass is 32.2. The van der Waals surface area contributed by atoms with Gasteiger partial charge in [0.1, 0.15) is 5.82 Å². The second-order valence-corrected chi connectivity index (χ2v) is 4.98. The molecular weight excluding hydrogens is 254 g/mol. The third kappa shape index (κ3) is 3.46. The second kappa shape index (κ2) is 6.39. The molecule has 0 saturated carbocycles. The van der Waals surface area contributed by atoms with Gasteiger partial charge in [0, 0.05) is 42.6 Å². The molecule has 0 bridgehead atoms. The van der Waals surface area contributed by atoms with Crippen LogP contribution in [0.2, 0.25) is 0 Å². The number of rotatable bonds is 6. The number of thioether (sulfide) groups is 1. The molecule has 1 aliphatic heterocycles. The van der Waals surface area contributed by atoms with Crippen molar-refractivity contribution in [1.82, 2.24) is 15.3 Å². The molecule has 8 heteroatoms. The summed E-state index contributed by atoms with van der Waals surface area (Å²) >= 11 is 1.72. The lowest BCUT2D eigenvalue weighted by molar-refractivity contribution is -0.502. The Morgan fingerprint density at radius 1 is 1.67 bits per heavy atom. The molecule has 2 rings (SSSR count). The maximum Gasteiger partial charge on any atom is 0.270 e. The molecule has 7 nitrogen and oxygen atoms in total. The van der Waals surface area contributed by atoms with Crippen LogP contribution in [0, 0.1) is 10.1 Å². The number of nitro groups is 1. The number of aromatic nitrogens is 2. The molecule has 1 aromatic heterocycles. The summed E-state index contributed by atoms with van der Waals surface area (Å²) in [4.78, 5) is 21.7. The highest BCUT2D eigenvalue weighted by Gasteiger charge is 2.30. The Hall–Kier alpha value is -1.57. The van der Waals surface area contributed by atoms with Crippen molar-refractivity contribution in [3.8, 4) is 0 Å². The zero-order valence-electron chi connectivity index (χ0n) is 9.83. The minimum Gasteiger partial charge on any atom is -0.367 e. The fraction of sp³-hybridized carbons (Fsp3) is 0.600. The fourth-order valence-electron chi connectivity index (χ4n) is 1.73. The third-order valence-corrected chi connectivity index (χ3v) is 3.57. The van der Waals surface area contributed by atoms with Gasteiger partial charge in [0.15, 0.2) is 5.84 Å². The molecule has 0 aliphatic carbocycles. The van der Waals surface area contributed by atoms with E-state index in [9.17, 15) is 10.1 Å². The minimum absolute atomic E-state index is 0.269. The predicted octanol–water partition coefficient (Wildman–Crippen LogP) is 0.680. The Morgan fingerprint density at radius 3 is 3.28 bits per heavy atom. The molecular formula is C10H15N5O2S. The number of amidine groups is 1. The van der Waals surface area contributed by atoms with Crippen LogP contribution in [0.3, 0.4) is 0 Å². The largest absolute Gasteiger partial charge is 0.367 e. The van der Waals surface area contributed by atoms with E-state index in [-0.39, 0.29) is 4.92 Å². The van der Waals surface area contributed by atoms with Gasteiger partial charge in [-0.15, -0.1) is 0 Å². The van der Waals surface area contributed by atoms with E-state index in [1.165, 1.54) is 0 Å². The van der Waals surface area contributed by atoms with E-state index < -0.39 is 6.04 Å². The summed E-state index contributed by atoms with van der Waals surface area (Å²) in [5.74, 6) is 3.16. The summed E-state index contributed by atoms with van der Waals surface area (Å²) < 4.78 is 0. The van der Waals surface area contributed by atoms with Crippen LogP contribution in [0.4, 0.5) is 0 Å². The number of aromatic amines is 1. The zero-order chi connectivity index (χ0) is 12.8. The van der Waals surface area contributed by atoms with Gasteiger partial charge in [0.25, 0.3) is 6.04 Å². The Balaban J connectivity index is 1.62. The lowest BCUT2D eigenvalue weighted by atomic mass is 10.2. The molecule has 0 amide bonds. The highest BCUT2D eigenvalue weighted by Crippen LogP contribution is 2.09. The SMILES string of the molecule is O=[N+]([O-])C1CCN=C1NCCSCc1ncc[nH]1. The van der Waals surface area contributed by atoms with Gasteiger partial charge in [-0.05, 0) is 0 Å². The lowest BCUT2D eigenvalue weighted by Gasteiger charge is -2.08. The van der Waals surface area contributed by atoms with Gasteiger partial charge in [0.2, 0.25) is 0 Å². The molecule has 98 valence electrons. The number of imidazole rings is 1. The molecule has 2 N–H and O–H groups in total. The van der Waals surface area contributed by atoms with Crippen LogP contribution in [0.1, 0.15) is 12.2 Å². The number of hydrogen-bond acceptors (Lipinski definition) is 6. The molecule has 0 saturated heterocycles. The standard InChI is InChI=1S/C10H15N5O2S/c16-15(17)8-1-2-13-10(8)14-5-6-18-7-9-11-3-4-12-9/h3-4,8H,1-2,5-7H2,(H,11,12)(H,13,14). The van der Waals surface area contributed by atoms with Gasteiger partial charge in [-0.25, -0.2) is 4.98 Å². The van der Waals surface area contributed by atoms with Crippen molar-refractivity contribution in [3.05, 3.63) is 28.3 Å². The monoisotopic (exact) mass is 269 g/mol. The second-order valence-electron chi connectivity index (χ2n) is 3.87. The van der Waals surface area contributed by atoms with E-state index >= 15 is 0 Å². The molecule has 1 aromatic rings. The van der Waals surface area contributed by atoms with Crippen molar-refractivity contribution in [2.75, 3.05) is 18.8 Å². The van der Waals surface area contributed by atoms with Gasteiger partial charge in [-0.3, -0.25) is 15.1 Å². The molecule has 0 aromatic carbocycles. The summed E-state index contributed by atoms with van der Waals surface area (Å²) in [6.07, 6.45) is 4.03. The number of aliphatic imine (C=N–C) groups is 1. The molecule has 2 heterocycles. The topological polar surface area (TPSA) is 96.2 Å². The first kappa shape index (κ1) is 12.9. The molecule has 1 aliphatic rings. The van der Waals surface area contributed by atoms with Crippen LogP contribution in [0.15, 0.2) is 17.4 Å². The quantitative estimate of drug-likeness (QED) is 0.450. The van der Waals surface area contributed by atoms with E-state index in [1.54, 1.807) is 24.2 Å². The molecule has 0 radical (unpaired) electrons. The van der Waals surface area contributed by atoms with Crippen molar-refractivity contribution < 1.29 is 4.92 Å². The van der Waals surface area contributed by atoms with Gasteiger partial charge in [-0.1, -0.05) is 0 Å². The van der Waals surface area contributed by atoms with Gasteiger partial charge < -0.3 is 10.3 Å². The number of H-pyrrole nitrogens is 1. The smallest absolute Gasteiger partial charge is 0.270 e. The van der Waals surface area contributed by atoms with Crippen LogP contribution < -0.4 is 5.32 Å². The lowest BCUT2D eigenvalue weighted by Crippen LogP contribution is -2.37. The van der Waals surface area contributed by atoms with Crippen LogP contribution >= 0.6 is 11.8 Å². The first-order valence-electron chi connectivity index (χ1n) is 5.75. The third-order valence-electron chi connectivity index (χ3n) is 2.60. The number of nitrogens with zero attached hydrogens (tertiary/aromatic N) is 3. The normalized spacial score (nSPS) is 18.7. The van der Waals surface area contributed by atoms with Crippen LogP contribution in [0.5, 0.6) is 0 Å². The number of hydrogen-bond donors (Lipinski definition) is 2. The summed E-state index contributed by atoms with van der Waals surface area (Å²) in [5, 5.41) is 13.8. The zero-order valence-corrected chi connectivity index (χ0v) is 10.7. The molecule has 0 fully saturated rings. The summed E-state index contributed by atoms with van der Waals surface area (Å²) in [6.45, 7) is 1.24. The Kier molecular flexibility index (Phi) is 4.57. The van der Waals surface area contributed by atoms with E-state index in [0.29, 0.717) is 25.3 Å². The first-order valence-corrected chi connectivity index (χ1v) is 6.90. The van der Waals surface area contributed by atoms with Gasteiger partial charge in [0.05, 0.1) is 5.75 Å². The van der Waals surface area contributed by atoms with E-state index in [1.807, 2.05) is 0 Å². The van der Waals surface area contributed by atoms with Gasteiger partial charge >= 0.3 is 0 Å². The molecule has 1 unspecified atom stereocenters. The Labute approximate surface area is 109 Å². The number of nitrogens with one attached hydrogen (secondary N) is 2. The highest BCUT2D eigenvalue weighted by molar-refractivity contribution is 7.98. The average Bonchev–Trinajstić information content (AvgIpc) is 2.98. The predicted molar refractivity (Wildman–Crippen MR) is 70.5 cm³/mol. The van der Waals surface area contributed by atoms with Crippen LogP contribution in [-0.2, 0) is 5.75 Å². The Bertz CT molecular complexity index is 420. The molecule has 1 atom stereocenters. The molecule has 0 spiro atoms. The maximum atomic E-state index is 10.7. The van der Waals surface area contributed by atoms with E-state index in [2.05, 4.69) is 20.3 Å². The van der Waals surface area contributed by atoms with E-state index in [4.69, 9.17) is 0 Å². The van der Waals surface area contributed by atoms with Crippen molar-refractivity contribution >= 4 is 17.6 Å². The van der Waals surface area contributed by atoms with Crippen molar-refractivity contribution in [2.45, 2.75) is 18.2 Å². The van der Waals surface area contributed by atoms with Crippen LogP contribution in [-0.4, -0.2) is 45.6 Å². The molecule has 18 heavy (non-hydrogen) atoms. The first-order chi connectivity index (χ1) is 8.77. The van der Waals surface area contributed by atoms with Crippen molar-refractivity contribution in [1.29, 1.82) is 0 Å². The summed E-state index contributed by atoms with van der Waals surface area (Å²) in [5.41, 5.74) is 0.